The fourth-order valence-corrected chi connectivity index (χ4v) is 7.07. The molecule has 0 spiro atoms. The minimum atomic E-state index is -4.19. The maximum absolute atomic E-state index is 14.7. The molecule has 0 aromatic heterocycles. The number of rotatable bonds is 15. The van der Waals surface area contributed by atoms with Gasteiger partial charge in [-0.1, -0.05) is 116 Å². The Balaban J connectivity index is 1.83. The van der Waals surface area contributed by atoms with E-state index >= 15 is 0 Å². The second-order valence-corrected chi connectivity index (χ2v) is 14.1. The third-order valence-electron chi connectivity index (χ3n) is 7.97. The van der Waals surface area contributed by atoms with E-state index in [4.69, 9.17) is 23.2 Å². The van der Waals surface area contributed by atoms with Gasteiger partial charge in [0, 0.05) is 19.5 Å². The SMILES string of the molecule is CCCCNC(=O)C(Cc1ccccc1)N(Cc1ccc(Cl)c(Cl)c1)C(=O)CN(c1ccccc1CC)S(=O)(=O)c1ccc(C)cc1. The number of para-hydroxylation sites is 1. The molecule has 0 saturated heterocycles. The molecule has 0 heterocycles. The first-order chi connectivity index (χ1) is 22.5. The summed E-state index contributed by atoms with van der Waals surface area (Å²) in [6.07, 6.45) is 2.44. The molecular weight excluding hydrogens is 653 g/mol. The van der Waals surface area contributed by atoms with Crippen LogP contribution in [0, 0.1) is 6.92 Å². The van der Waals surface area contributed by atoms with Gasteiger partial charge in [0.2, 0.25) is 11.8 Å². The highest BCUT2D eigenvalue weighted by molar-refractivity contribution is 7.92. The maximum atomic E-state index is 14.7. The zero-order valence-corrected chi connectivity index (χ0v) is 29.3. The first-order valence-corrected chi connectivity index (χ1v) is 18.0. The highest BCUT2D eigenvalue weighted by Crippen LogP contribution is 2.29. The van der Waals surface area contributed by atoms with E-state index in [0.29, 0.717) is 34.3 Å². The first-order valence-electron chi connectivity index (χ1n) is 15.8. The van der Waals surface area contributed by atoms with Gasteiger partial charge in [0.1, 0.15) is 12.6 Å². The van der Waals surface area contributed by atoms with Crippen LogP contribution < -0.4 is 9.62 Å². The molecule has 0 aliphatic carbocycles. The van der Waals surface area contributed by atoms with Crippen LogP contribution in [0.2, 0.25) is 10.0 Å². The number of hydrogen-bond acceptors (Lipinski definition) is 4. The van der Waals surface area contributed by atoms with E-state index in [9.17, 15) is 18.0 Å². The van der Waals surface area contributed by atoms with Crippen LogP contribution in [0.25, 0.3) is 0 Å². The van der Waals surface area contributed by atoms with Gasteiger partial charge in [-0.25, -0.2) is 8.42 Å². The smallest absolute Gasteiger partial charge is 0.264 e. The molecule has 0 fully saturated rings. The Morgan fingerprint density at radius 2 is 1.51 bits per heavy atom. The second-order valence-electron chi connectivity index (χ2n) is 11.4. The Kier molecular flexibility index (Phi) is 12.9. The summed E-state index contributed by atoms with van der Waals surface area (Å²) >= 11 is 12.6. The van der Waals surface area contributed by atoms with Crippen molar-refractivity contribution < 1.29 is 18.0 Å². The van der Waals surface area contributed by atoms with Crippen molar-refractivity contribution in [2.24, 2.45) is 0 Å². The van der Waals surface area contributed by atoms with Crippen molar-refractivity contribution in [3.05, 3.63) is 129 Å². The molecule has 0 bridgehead atoms. The van der Waals surface area contributed by atoms with Crippen LogP contribution in [0.3, 0.4) is 0 Å². The number of benzene rings is 4. The molecule has 0 aliphatic rings. The van der Waals surface area contributed by atoms with E-state index in [1.807, 2.05) is 63.2 Å². The quantitative estimate of drug-likeness (QED) is 0.130. The number of hydrogen-bond donors (Lipinski definition) is 1. The monoisotopic (exact) mass is 693 g/mol. The van der Waals surface area contributed by atoms with Gasteiger partial charge in [-0.15, -0.1) is 0 Å². The average molecular weight is 695 g/mol. The molecule has 1 N–H and O–H groups in total. The molecule has 4 aromatic carbocycles. The molecule has 2 amide bonds. The Morgan fingerprint density at radius 1 is 0.830 bits per heavy atom. The minimum absolute atomic E-state index is 0.00225. The van der Waals surface area contributed by atoms with Crippen LogP contribution in [0.15, 0.2) is 102 Å². The van der Waals surface area contributed by atoms with Crippen molar-refractivity contribution in [2.45, 2.75) is 63.9 Å². The standard InChI is InChI=1S/C37H41Cl2N3O4S/c1-4-6-22-40-37(44)35(24-28-12-8-7-9-13-28)41(25-29-18-21-32(38)33(39)23-29)36(43)26-42(34-15-11-10-14-30(34)5-2)47(45,46)31-19-16-27(3)17-20-31/h7-21,23,35H,4-6,22,24-26H2,1-3H3,(H,40,44). The number of nitrogens with one attached hydrogen (secondary N) is 1. The number of amides is 2. The summed E-state index contributed by atoms with van der Waals surface area (Å²) in [4.78, 5) is 30.1. The Labute approximate surface area is 288 Å². The zero-order valence-electron chi connectivity index (χ0n) is 27.0. The van der Waals surface area contributed by atoms with Gasteiger partial charge in [-0.2, -0.15) is 0 Å². The largest absolute Gasteiger partial charge is 0.354 e. The summed E-state index contributed by atoms with van der Waals surface area (Å²) in [7, 11) is -4.19. The number of aryl methyl sites for hydroxylation is 2. The fourth-order valence-electron chi connectivity index (χ4n) is 5.30. The molecule has 1 unspecified atom stereocenters. The summed E-state index contributed by atoms with van der Waals surface area (Å²) in [6, 6.07) is 27.3. The van der Waals surface area contributed by atoms with Gasteiger partial charge in [-0.05, 0) is 66.8 Å². The van der Waals surface area contributed by atoms with E-state index in [0.717, 1.165) is 33.8 Å². The van der Waals surface area contributed by atoms with Gasteiger partial charge in [0.25, 0.3) is 10.0 Å². The van der Waals surface area contributed by atoms with E-state index < -0.39 is 28.5 Å². The number of anilines is 1. The minimum Gasteiger partial charge on any atom is -0.354 e. The normalized spacial score (nSPS) is 11.9. The number of halogens is 2. The lowest BCUT2D eigenvalue weighted by atomic mass is 10.0. The van der Waals surface area contributed by atoms with Gasteiger partial charge >= 0.3 is 0 Å². The number of sulfonamides is 1. The Hall–Kier alpha value is -3.85. The molecule has 7 nitrogen and oxygen atoms in total. The number of unbranched alkanes of at least 4 members (excludes halogenated alkanes) is 1. The van der Waals surface area contributed by atoms with Crippen LogP contribution in [0.4, 0.5) is 5.69 Å². The van der Waals surface area contributed by atoms with Crippen molar-refractivity contribution in [1.29, 1.82) is 0 Å². The number of nitrogens with zero attached hydrogens (tertiary/aromatic N) is 2. The van der Waals surface area contributed by atoms with Crippen molar-refractivity contribution in [3.8, 4) is 0 Å². The molecule has 0 saturated carbocycles. The van der Waals surface area contributed by atoms with Crippen LogP contribution in [0.1, 0.15) is 48.9 Å². The van der Waals surface area contributed by atoms with Gasteiger partial charge in [-0.3, -0.25) is 13.9 Å². The van der Waals surface area contributed by atoms with E-state index in [2.05, 4.69) is 5.32 Å². The molecule has 0 radical (unpaired) electrons. The van der Waals surface area contributed by atoms with Crippen LogP contribution in [0.5, 0.6) is 0 Å². The number of carbonyl (C=O) groups excluding carboxylic acids is 2. The van der Waals surface area contributed by atoms with Crippen molar-refractivity contribution in [1.82, 2.24) is 10.2 Å². The van der Waals surface area contributed by atoms with Crippen molar-refractivity contribution >= 4 is 50.7 Å². The van der Waals surface area contributed by atoms with Crippen LogP contribution in [-0.4, -0.2) is 44.3 Å². The summed E-state index contributed by atoms with van der Waals surface area (Å²) in [6.45, 7) is 5.77. The predicted molar refractivity (Wildman–Crippen MR) is 190 cm³/mol. The molecule has 4 rings (SSSR count). The van der Waals surface area contributed by atoms with Crippen molar-refractivity contribution in [3.63, 3.8) is 0 Å². The van der Waals surface area contributed by atoms with Crippen LogP contribution >= 0.6 is 23.2 Å². The lowest BCUT2D eigenvalue weighted by Crippen LogP contribution is -2.53. The van der Waals surface area contributed by atoms with Gasteiger partial charge in [0.15, 0.2) is 0 Å². The Morgan fingerprint density at radius 3 is 2.17 bits per heavy atom. The maximum Gasteiger partial charge on any atom is 0.264 e. The van der Waals surface area contributed by atoms with Crippen LogP contribution in [-0.2, 0) is 39.0 Å². The molecule has 248 valence electrons. The van der Waals surface area contributed by atoms with Gasteiger partial charge in [0.05, 0.1) is 20.6 Å². The fraction of sp³-hybridized carbons (Fsp3) is 0.297. The Bertz CT molecular complexity index is 1770. The molecular formula is C37H41Cl2N3O4S. The topological polar surface area (TPSA) is 86.8 Å². The second kappa shape index (κ2) is 16.8. The van der Waals surface area contributed by atoms with E-state index in [1.54, 1.807) is 54.6 Å². The number of carbonyl (C=O) groups is 2. The summed E-state index contributed by atoms with van der Waals surface area (Å²) in [5, 5.41) is 3.67. The lowest BCUT2D eigenvalue weighted by molar-refractivity contribution is -0.140. The molecule has 10 heteroatoms. The van der Waals surface area contributed by atoms with E-state index in [-0.39, 0.29) is 23.8 Å². The van der Waals surface area contributed by atoms with Crippen molar-refractivity contribution in [2.75, 3.05) is 17.4 Å². The first kappa shape index (κ1) is 36.0. The molecule has 1 atom stereocenters. The molecule has 47 heavy (non-hydrogen) atoms. The van der Waals surface area contributed by atoms with E-state index in [1.165, 1.54) is 4.90 Å². The highest BCUT2D eigenvalue weighted by Gasteiger charge is 2.35. The molecule has 0 aliphatic heterocycles. The predicted octanol–water partition coefficient (Wildman–Crippen LogP) is 7.62. The zero-order chi connectivity index (χ0) is 34.0. The summed E-state index contributed by atoms with van der Waals surface area (Å²) in [5.41, 5.74) is 3.59. The summed E-state index contributed by atoms with van der Waals surface area (Å²) in [5.74, 6) is -0.859. The molecule has 4 aromatic rings. The van der Waals surface area contributed by atoms with Gasteiger partial charge < -0.3 is 10.2 Å². The highest BCUT2D eigenvalue weighted by atomic mass is 35.5. The summed E-state index contributed by atoms with van der Waals surface area (Å²) < 4.78 is 29.8. The lowest BCUT2D eigenvalue weighted by Gasteiger charge is -2.34. The third kappa shape index (κ3) is 9.37. The third-order valence-corrected chi connectivity index (χ3v) is 10.5. The average Bonchev–Trinajstić information content (AvgIpc) is 3.07.